The van der Waals surface area contributed by atoms with Gasteiger partial charge in [-0.25, -0.2) is 9.97 Å². The van der Waals surface area contributed by atoms with E-state index in [0.717, 1.165) is 34.7 Å². The van der Waals surface area contributed by atoms with E-state index in [-0.39, 0.29) is 10.8 Å². The fourth-order valence-electron chi connectivity index (χ4n) is 2.56. The van der Waals surface area contributed by atoms with Gasteiger partial charge in [0.05, 0.1) is 28.2 Å². The highest BCUT2D eigenvalue weighted by molar-refractivity contribution is 6.32. The highest BCUT2D eigenvalue weighted by Gasteiger charge is 2.31. The van der Waals surface area contributed by atoms with Crippen LogP contribution in [-0.2, 0) is 19.8 Å². The molecule has 0 fully saturated rings. The zero-order chi connectivity index (χ0) is 17.5. The van der Waals surface area contributed by atoms with E-state index in [0.29, 0.717) is 6.54 Å². The molecule has 0 atom stereocenters. The maximum absolute atomic E-state index is 12.6. The van der Waals surface area contributed by atoms with Gasteiger partial charge in [0.2, 0.25) is 0 Å². The summed E-state index contributed by atoms with van der Waals surface area (Å²) in [5.74, 6) is 0.922. The van der Waals surface area contributed by atoms with Crippen LogP contribution in [0.5, 0.6) is 0 Å². The van der Waals surface area contributed by atoms with Gasteiger partial charge in [0.1, 0.15) is 11.6 Å². The summed E-state index contributed by atoms with van der Waals surface area (Å²) in [6, 6.07) is 6.69. The van der Waals surface area contributed by atoms with Gasteiger partial charge in [-0.2, -0.15) is 13.2 Å². The first-order chi connectivity index (χ1) is 11.3. The number of halogens is 4. The first-order valence-electron chi connectivity index (χ1n) is 7.15. The molecule has 0 saturated carbocycles. The number of anilines is 1. The molecule has 0 spiro atoms. The molecule has 24 heavy (non-hydrogen) atoms. The van der Waals surface area contributed by atoms with Crippen molar-refractivity contribution in [3.63, 3.8) is 0 Å². The Balaban J connectivity index is 1.84. The van der Waals surface area contributed by atoms with E-state index < -0.39 is 11.7 Å². The lowest BCUT2D eigenvalue weighted by Crippen LogP contribution is -2.10. The molecular weight excluding hydrogens is 341 g/mol. The lowest BCUT2D eigenvalue weighted by molar-refractivity contribution is -0.137. The fraction of sp³-hybridized carbons (Fsp3) is 0.250. The van der Waals surface area contributed by atoms with Crippen molar-refractivity contribution in [1.82, 2.24) is 14.5 Å². The van der Waals surface area contributed by atoms with Gasteiger partial charge < -0.3 is 9.88 Å². The minimum absolute atomic E-state index is 0.0835. The Hall–Kier alpha value is -2.28. The number of nitrogens with one attached hydrogen (secondary N) is 1. The van der Waals surface area contributed by atoms with E-state index in [1.54, 1.807) is 0 Å². The maximum Gasteiger partial charge on any atom is 0.417 e. The number of fused-ring (bicyclic) bond motifs is 1. The summed E-state index contributed by atoms with van der Waals surface area (Å²) in [6.45, 7) is 2.29. The van der Waals surface area contributed by atoms with Gasteiger partial charge in [0.15, 0.2) is 0 Å². The predicted molar refractivity (Wildman–Crippen MR) is 87.0 cm³/mol. The first-order valence-corrected chi connectivity index (χ1v) is 7.52. The summed E-state index contributed by atoms with van der Waals surface area (Å²) in [6.07, 6.45) is -3.71. The van der Waals surface area contributed by atoms with Gasteiger partial charge in [-0.05, 0) is 24.6 Å². The van der Waals surface area contributed by atoms with Gasteiger partial charge in [-0.3, -0.25) is 0 Å². The zero-order valence-corrected chi connectivity index (χ0v) is 13.7. The minimum atomic E-state index is -4.47. The summed E-state index contributed by atoms with van der Waals surface area (Å²) in [5, 5.41) is 2.85. The lowest BCUT2D eigenvalue weighted by Gasteiger charge is -2.11. The predicted octanol–water partition coefficient (Wildman–Crippen LogP) is 4.56. The van der Waals surface area contributed by atoms with Crippen LogP contribution in [0.2, 0.25) is 5.02 Å². The number of aromatic nitrogens is 3. The minimum Gasteiger partial charge on any atom is -0.362 e. The number of benzene rings is 1. The second-order valence-corrected chi connectivity index (χ2v) is 5.84. The second kappa shape index (κ2) is 5.98. The van der Waals surface area contributed by atoms with Crippen molar-refractivity contribution < 1.29 is 13.2 Å². The number of pyridine rings is 1. The quantitative estimate of drug-likeness (QED) is 0.749. The molecular formula is C16H14ClF3N4. The number of nitrogens with zero attached hydrogens (tertiary/aromatic N) is 3. The summed E-state index contributed by atoms with van der Waals surface area (Å²) in [7, 11) is 1.89. The molecule has 1 N–H and O–H groups in total. The van der Waals surface area contributed by atoms with E-state index in [9.17, 15) is 13.2 Å². The Morgan fingerprint density at radius 3 is 2.67 bits per heavy atom. The molecule has 0 radical (unpaired) electrons. The van der Waals surface area contributed by atoms with Gasteiger partial charge in [0.25, 0.3) is 0 Å². The van der Waals surface area contributed by atoms with Gasteiger partial charge >= 0.3 is 6.18 Å². The van der Waals surface area contributed by atoms with Crippen LogP contribution in [0.25, 0.3) is 11.0 Å². The molecule has 0 aliphatic rings. The van der Waals surface area contributed by atoms with Gasteiger partial charge in [-0.1, -0.05) is 23.7 Å². The number of para-hydroxylation sites is 1. The molecule has 3 rings (SSSR count). The average molecular weight is 355 g/mol. The maximum atomic E-state index is 12.6. The first kappa shape index (κ1) is 16.6. The van der Waals surface area contributed by atoms with E-state index >= 15 is 0 Å². The zero-order valence-electron chi connectivity index (χ0n) is 12.9. The van der Waals surface area contributed by atoms with Crippen LogP contribution in [0.4, 0.5) is 19.0 Å². The Kier molecular flexibility index (Phi) is 4.13. The molecule has 126 valence electrons. The van der Waals surface area contributed by atoms with E-state index in [1.165, 1.54) is 0 Å². The number of hydrogen-bond donors (Lipinski definition) is 1. The van der Waals surface area contributed by atoms with Crippen LogP contribution < -0.4 is 5.32 Å². The highest BCUT2D eigenvalue weighted by Crippen LogP contribution is 2.32. The summed E-state index contributed by atoms with van der Waals surface area (Å²) >= 11 is 5.89. The van der Waals surface area contributed by atoms with E-state index in [1.807, 2.05) is 36.7 Å². The summed E-state index contributed by atoms with van der Waals surface area (Å²) < 4.78 is 39.8. The number of rotatable bonds is 3. The van der Waals surface area contributed by atoms with Crippen molar-refractivity contribution >= 4 is 28.5 Å². The largest absolute Gasteiger partial charge is 0.417 e. The Morgan fingerprint density at radius 2 is 2.04 bits per heavy atom. The van der Waals surface area contributed by atoms with Crippen LogP contribution in [0.15, 0.2) is 30.5 Å². The molecule has 0 saturated heterocycles. The fourth-order valence-corrected chi connectivity index (χ4v) is 2.79. The van der Waals surface area contributed by atoms with Crippen LogP contribution >= 0.6 is 11.6 Å². The normalized spacial score (nSPS) is 11.9. The third-order valence-electron chi connectivity index (χ3n) is 3.77. The van der Waals surface area contributed by atoms with Crippen LogP contribution in [0, 0.1) is 6.92 Å². The average Bonchev–Trinajstić information content (AvgIpc) is 2.83. The number of hydrogen-bond acceptors (Lipinski definition) is 3. The van der Waals surface area contributed by atoms with Crippen LogP contribution in [0.1, 0.15) is 17.0 Å². The second-order valence-electron chi connectivity index (χ2n) is 5.44. The summed E-state index contributed by atoms with van der Waals surface area (Å²) in [5.41, 5.74) is 2.09. The molecule has 2 heterocycles. The molecule has 3 aromatic rings. The van der Waals surface area contributed by atoms with Crippen LogP contribution in [0.3, 0.4) is 0 Å². The Labute approximate surface area is 141 Å². The number of alkyl halides is 3. The molecule has 0 unspecified atom stereocenters. The molecule has 2 aromatic heterocycles. The summed E-state index contributed by atoms with van der Waals surface area (Å²) in [4.78, 5) is 8.29. The molecule has 0 aliphatic carbocycles. The van der Waals surface area contributed by atoms with Crippen molar-refractivity contribution in [3.8, 4) is 0 Å². The topological polar surface area (TPSA) is 42.7 Å². The lowest BCUT2D eigenvalue weighted by atomic mass is 10.2. The molecule has 0 amide bonds. The molecule has 0 bridgehead atoms. The molecule has 0 aliphatic heterocycles. The van der Waals surface area contributed by atoms with Crippen molar-refractivity contribution in [2.45, 2.75) is 19.6 Å². The van der Waals surface area contributed by atoms with Gasteiger partial charge in [0, 0.05) is 13.2 Å². The smallest absolute Gasteiger partial charge is 0.362 e. The van der Waals surface area contributed by atoms with Crippen molar-refractivity contribution in [2.24, 2.45) is 7.05 Å². The van der Waals surface area contributed by atoms with Crippen molar-refractivity contribution in [2.75, 3.05) is 5.32 Å². The van der Waals surface area contributed by atoms with Gasteiger partial charge in [-0.15, -0.1) is 0 Å². The SMILES string of the molecule is Cc1cccc2nc(CNc3ncc(C(F)(F)F)cc3Cl)n(C)c12. The highest BCUT2D eigenvalue weighted by atomic mass is 35.5. The van der Waals surface area contributed by atoms with Crippen molar-refractivity contribution in [1.29, 1.82) is 0 Å². The standard InChI is InChI=1S/C16H14ClF3N4/c1-9-4-3-5-12-14(9)24(2)13(23-12)8-22-15-11(17)6-10(7-21-15)16(18,19)20/h3-7H,8H2,1-2H3,(H,21,22). The number of aryl methyl sites for hydroxylation is 2. The molecule has 8 heteroatoms. The molecule has 1 aromatic carbocycles. The molecule has 4 nitrogen and oxygen atoms in total. The van der Waals surface area contributed by atoms with E-state index in [2.05, 4.69) is 15.3 Å². The number of imidazole rings is 1. The van der Waals surface area contributed by atoms with E-state index in [4.69, 9.17) is 11.6 Å². The van der Waals surface area contributed by atoms with Crippen molar-refractivity contribution in [3.05, 3.63) is 52.4 Å². The third-order valence-corrected chi connectivity index (χ3v) is 4.06. The third kappa shape index (κ3) is 3.03. The van der Waals surface area contributed by atoms with Crippen LogP contribution in [-0.4, -0.2) is 14.5 Å². The Bertz CT molecular complexity index is 902. The Morgan fingerprint density at radius 1 is 1.29 bits per heavy atom. The monoisotopic (exact) mass is 354 g/mol.